The molecule has 2 aliphatic rings. The van der Waals surface area contributed by atoms with Gasteiger partial charge >= 0.3 is 0 Å². The predicted octanol–water partition coefficient (Wildman–Crippen LogP) is 2.87. The Balaban J connectivity index is 1.68. The van der Waals surface area contributed by atoms with Crippen LogP contribution in [-0.4, -0.2) is 63.8 Å². The first-order valence-corrected chi connectivity index (χ1v) is 10.4. The molecule has 146 valence electrons. The molecular formula is C20H40N4O. The summed E-state index contributed by atoms with van der Waals surface area (Å²) < 4.78 is 5.29. The molecule has 25 heavy (non-hydrogen) atoms. The van der Waals surface area contributed by atoms with Gasteiger partial charge in [0.1, 0.15) is 0 Å². The van der Waals surface area contributed by atoms with Crippen molar-refractivity contribution < 1.29 is 4.74 Å². The third kappa shape index (κ3) is 7.14. The van der Waals surface area contributed by atoms with Gasteiger partial charge in [-0.05, 0) is 76.4 Å². The van der Waals surface area contributed by atoms with Crippen LogP contribution in [0.5, 0.6) is 0 Å². The lowest BCUT2D eigenvalue weighted by Crippen LogP contribution is -2.41. The van der Waals surface area contributed by atoms with Crippen LogP contribution in [0.25, 0.3) is 0 Å². The summed E-state index contributed by atoms with van der Waals surface area (Å²) in [5.74, 6) is 1.90. The Morgan fingerprint density at radius 3 is 2.60 bits per heavy atom. The predicted molar refractivity (Wildman–Crippen MR) is 106 cm³/mol. The van der Waals surface area contributed by atoms with Crippen molar-refractivity contribution >= 4 is 5.96 Å². The van der Waals surface area contributed by atoms with Gasteiger partial charge in [-0.25, -0.2) is 0 Å². The van der Waals surface area contributed by atoms with Crippen LogP contribution in [0.1, 0.15) is 58.8 Å². The van der Waals surface area contributed by atoms with Gasteiger partial charge in [0, 0.05) is 33.4 Å². The second kappa shape index (κ2) is 11.0. The molecule has 5 nitrogen and oxygen atoms in total. The Bertz CT molecular complexity index is 387. The van der Waals surface area contributed by atoms with Crippen LogP contribution in [0.2, 0.25) is 0 Å². The first-order chi connectivity index (χ1) is 12.2. The molecule has 2 rings (SSSR count). The highest BCUT2D eigenvalue weighted by Gasteiger charge is 2.36. The van der Waals surface area contributed by atoms with E-state index in [1.54, 1.807) is 7.11 Å². The molecule has 1 aliphatic heterocycles. The number of methoxy groups -OCH3 is 1. The van der Waals surface area contributed by atoms with Crippen molar-refractivity contribution in [3.05, 3.63) is 0 Å². The van der Waals surface area contributed by atoms with Crippen molar-refractivity contribution in [1.29, 1.82) is 0 Å². The van der Waals surface area contributed by atoms with Crippen LogP contribution in [-0.2, 0) is 4.74 Å². The van der Waals surface area contributed by atoms with Gasteiger partial charge in [0.05, 0.1) is 0 Å². The fourth-order valence-electron chi connectivity index (χ4n) is 3.87. The normalized spacial score (nSPS) is 21.8. The van der Waals surface area contributed by atoms with Crippen LogP contribution < -0.4 is 10.6 Å². The molecule has 2 fully saturated rings. The molecule has 5 heteroatoms. The van der Waals surface area contributed by atoms with Gasteiger partial charge in [0.2, 0.25) is 0 Å². The van der Waals surface area contributed by atoms with E-state index >= 15 is 0 Å². The van der Waals surface area contributed by atoms with E-state index in [1.165, 1.54) is 58.2 Å². The Morgan fingerprint density at radius 1 is 1.24 bits per heavy atom. The minimum Gasteiger partial charge on any atom is -0.385 e. The van der Waals surface area contributed by atoms with Crippen LogP contribution in [0.3, 0.4) is 0 Å². The number of ether oxygens (including phenoxy) is 1. The smallest absolute Gasteiger partial charge is 0.191 e. The van der Waals surface area contributed by atoms with Crippen molar-refractivity contribution in [2.75, 3.05) is 53.0 Å². The molecule has 1 heterocycles. The van der Waals surface area contributed by atoms with Crippen molar-refractivity contribution in [3.8, 4) is 0 Å². The van der Waals surface area contributed by atoms with Gasteiger partial charge in [-0.1, -0.05) is 13.3 Å². The third-order valence-electron chi connectivity index (χ3n) is 5.99. The zero-order valence-corrected chi connectivity index (χ0v) is 16.8. The summed E-state index contributed by atoms with van der Waals surface area (Å²) in [5, 5.41) is 6.92. The first-order valence-electron chi connectivity index (χ1n) is 10.4. The van der Waals surface area contributed by atoms with Gasteiger partial charge in [0.25, 0.3) is 0 Å². The van der Waals surface area contributed by atoms with Gasteiger partial charge in [-0.3, -0.25) is 4.99 Å². The lowest BCUT2D eigenvalue weighted by Gasteiger charge is -2.40. The van der Waals surface area contributed by atoms with Crippen LogP contribution in [0, 0.1) is 11.3 Å². The number of likely N-dealkylation sites (tertiary alicyclic amines) is 1. The Kier molecular flexibility index (Phi) is 9.04. The van der Waals surface area contributed by atoms with E-state index in [9.17, 15) is 0 Å². The van der Waals surface area contributed by atoms with Crippen molar-refractivity contribution in [2.45, 2.75) is 58.8 Å². The maximum absolute atomic E-state index is 5.29. The summed E-state index contributed by atoms with van der Waals surface area (Å²) in [6.45, 7) is 12.0. The van der Waals surface area contributed by atoms with E-state index in [0.29, 0.717) is 5.41 Å². The molecule has 0 aromatic heterocycles. The number of guanidine groups is 1. The zero-order valence-electron chi connectivity index (χ0n) is 16.8. The molecule has 0 unspecified atom stereocenters. The first kappa shape index (κ1) is 20.5. The topological polar surface area (TPSA) is 48.9 Å². The van der Waals surface area contributed by atoms with Crippen molar-refractivity contribution in [3.63, 3.8) is 0 Å². The number of nitrogens with one attached hydrogen (secondary N) is 2. The standard InChI is InChI=1S/C20H40N4O/c1-4-21-19(23-17-20(9-5-10-20)11-16-25-3)22-12-6-13-24-14-7-18(2)8-15-24/h18H,4-17H2,1-3H3,(H2,21,22,23). The van der Waals surface area contributed by atoms with E-state index < -0.39 is 0 Å². The van der Waals surface area contributed by atoms with E-state index in [1.807, 2.05) is 0 Å². The summed E-state index contributed by atoms with van der Waals surface area (Å²) >= 11 is 0. The maximum Gasteiger partial charge on any atom is 0.191 e. The second-order valence-corrected chi connectivity index (χ2v) is 8.10. The zero-order chi connectivity index (χ0) is 18.0. The summed E-state index contributed by atoms with van der Waals surface area (Å²) in [5.41, 5.74) is 0.392. The number of rotatable bonds is 10. The molecule has 1 saturated carbocycles. The fraction of sp³-hybridized carbons (Fsp3) is 0.950. The Hall–Kier alpha value is -0.810. The van der Waals surface area contributed by atoms with E-state index in [4.69, 9.17) is 9.73 Å². The fourth-order valence-corrected chi connectivity index (χ4v) is 3.87. The average molecular weight is 353 g/mol. The summed E-state index contributed by atoms with van der Waals surface area (Å²) in [7, 11) is 1.80. The number of aliphatic imine (C=N–C) groups is 1. The third-order valence-corrected chi connectivity index (χ3v) is 5.99. The molecular weight excluding hydrogens is 312 g/mol. The highest BCUT2D eigenvalue weighted by atomic mass is 16.5. The lowest BCUT2D eigenvalue weighted by molar-refractivity contribution is 0.0778. The van der Waals surface area contributed by atoms with Gasteiger partial charge < -0.3 is 20.3 Å². The lowest BCUT2D eigenvalue weighted by atomic mass is 9.67. The Labute approximate surface area is 155 Å². The van der Waals surface area contributed by atoms with Gasteiger partial charge in [-0.15, -0.1) is 0 Å². The highest BCUT2D eigenvalue weighted by molar-refractivity contribution is 5.79. The summed E-state index contributed by atoms with van der Waals surface area (Å²) in [6.07, 6.45) is 8.99. The molecule has 0 radical (unpaired) electrons. The SMILES string of the molecule is CCNC(=NCC1(CCOC)CCC1)NCCCN1CCC(C)CC1. The molecule has 0 bridgehead atoms. The molecule has 2 N–H and O–H groups in total. The minimum atomic E-state index is 0.392. The van der Waals surface area contributed by atoms with Crippen LogP contribution in [0.15, 0.2) is 4.99 Å². The van der Waals surface area contributed by atoms with E-state index in [-0.39, 0.29) is 0 Å². The molecule has 0 atom stereocenters. The van der Waals surface area contributed by atoms with Crippen molar-refractivity contribution in [2.24, 2.45) is 16.3 Å². The van der Waals surface area contributed by atoms with E-state index in [0.717, 1.165) is 44.5 Å². The van der Waals surface area contributed by atoms with Crippen LogP contribution >= 0.6 is 0 Å². The number of hydrogen-bond donors (Lipinski definition) is 2. The molecule has 1 aliphatic carbocycles. The molecule has 1 saturated heterocycles. The molecule has 0 aromatic carbocycles. The largest absolute Gasteiger partial charge is 0.385 e. The quantitative estimate of drug-likeness (QED) is 0.361. The van der Waals surface area contributed by atoms with Gasteiger partial charge in [-0.2, -0.15) is 0 Å². The highest BCUT2D eigenvalue weighted by Crippen LogP contribution is 2.44. The number of piperidine rings is 1. The minimum absolute atomic E-state index is 0.392. The molecule has 0 aromatic rings. The van der Waals surface area contributed by atoms with Gasteiger partial charge in [0.15, 0.2) is 5.96 Å². The Morgan fingerprint density at radius 2 is 2.00 bits per heavy atom. The summed E-state index contributed by atoms with van der Waals surface area (Å²) in [6, 6.07) is 0. The average Bonchev–Trinajstić information content (AvgIpc) is 2.58. The van der Waals surface area contributed by atoms with E-state index in [2.05, 4.69) is 29.4 Å². The number of nitrogens with zero attached hydrogens (tertiary/aromatic N) is 2. The second-order valence-electron chi connectivity index (χ2n) is 8.10. The van der Waals surface area contributed by atoms with Crippen LogP contribution in [0.4, 0.5) is 0 Å². The molecule has 0 spiro atoms. The number of hydrogen-bond acceptors (Lipinski definition) is 3. The van der Waals surface area contributed by atoms with Crippen molar-refractivity contribution in [1.82, 2.24) is 15.5 Å². The molecule has 0 amide bonds. The summed E-state index contributed by atoms with van der Waals surface area (Å²) in [4.78, 5) is 7.49. The maximum atomic E-state index is 5.29. The monoisotopic (exact) mass is 352 g/mol.